The fourth-order valence-electron chi connectivity index (χ4n) is 13.0. The molecule has 0 radical (unpaired) electrons. The number of anilines is 4. The van der Waals surface area contributed by atoms with Crippen molar-refractivity contribution in [3.05, 3.63) is 132 Å². The van der Waals surface area contributed by atoms with E-state index in [2.05, 4.69) is 141 Å². The van der Waals surface area contributed by atoms with E-state index >= 15 is 0 Å². The Morgan fingerprint density at radius 1 is 0.631 bits per heavy atom. The van der Waals surface area contributed by atoms with Crippen molar-refractivity contribution in [2.45, 2.75) is 69.5 Å². The highest BCUT2D eigenvalue weighted by Crippen LogP contribution is 2.38. The second-order valence-electron chi connectivity index (χ2n) is 22.6. The van der Waals surface area contributed by atoms with Crippen molar-refractivity contribution in [2.75, 3.05) is 132 Å². The summed E-state index contributed by atoms with van der Waals surface area (Å²) in [7, 11) is 2.08. The molecule has 4 aromatic carbocycles. The molecule has 0 N–H and O–H groups in total. The number of piperazine rings is 2. The summed E-state index contributed by atoms with van der Waals surface area (Å²) in [6.45, 7) is 18.3. The van der Waals surface area contributed by atoms with Crippen LogP contribution >= 0.6 is 0 Å². The van der Waals surface area contributed by atoms with E-state index < -0.39 is 0 Å². The van der Waals surface area contributed by atoms with Crippen LogP contribution in [-0.4, -0.2) is 188 Å². The van der Waals surface area contributed by atoms with Crippen LogP contribution < -0.4 is 29.1 Å². The minimum absolute atomic E-state index is 0.0570. The Labute approximate surface area is 490 Å². The van der Waals surface area contributed by atoms with Crippen LogP contribution in [0.3, 0.4) is 0 Å². The smallest absolute Gasteiger partial charge is 0.318 e. The number of carbonyl (C=O) groups is 2. The van der Waals surface area contributed by atoms with Gasteiger partial charge in [0.15, 0.2) is 0 Å². The predicted octanol–water partition coefficient (Wildman–Crippen LogP) is 5.92. The first kappa shape index (κ1) is 56.1. The van der Waals surface area contributed by atoms with Crippen LogP contribution in [0.4, 0.5) is 23.0 Å². The van der Waals surface area contributed by atoms with Crippen LogP contribution in [0.1, 0.15) is 40.9 Å². The monoisotopic (exact) mass is 1130 g/mol. The van der Waals surface area contributed by atoms with Gasteiger partial charge in [0.1, 0.15) is 31.0 Å². The number of likely N-dealkylation sites (N-methyl/N-ethyl adjacent to an activating group) is 1. The SMILES string of the molecule is C=CC(=O)N1CCN(c2nc(OC[C@@H]3CN(Cc4cc(N5CCc6c(nc(OC[C@@H]7COCCN7C)nc6N6CCN(C(=O)C=C)C(CC#N)C6)C5)c5ccccc5c4)CCO3)nc3c2CCN(c2cccc4ccccc24)C3)CC1CC#N. The molecular formula is C64H72N14O6. The van der Waals surface area contributed by atoms with Crippen molar-refractivity contribution < 1.29 is 28.5 Å². The number of ether oxygens (including phenoxy) is 4. The molecule has 20 nitrogen and oxygen atoms in total. The Morgan fingerprint density at radius 3 is 1.83 bits per heavy atom. The number of morpholine rings is 2. The van der Waals surface area contributed by atoms with E-state index in [1.165, 1.54) is 28.5 Å². The summed E-state index contributed by atoms with van der Waals surface area (Å²) >= 11 is 0. The molecule has 0 aliphatic carbocycles. The zero-order valence-corrected chi connectivity index (χ0v) is 47.9. The first-order valence-electron chi connectivity index (χ1n) is 29.4. The van der Waals surface area contributed by atoms with Crippen LogP contribution in [0.5, 0.6) is 12.0 Å². The van der Waals surface area contributed by atoms with Crippen LogP contribution in [0.15, 0.2) is 104 Å². The average Bonchev–Trinajstić information content (AvgIpc) is 2.42. The maximum Gasteiger partial charge on any atom is 0.318 e. The molecule has 6 aliphatic rings. The molecule has 0 spiro atoms. The summed E-state index contributed by atoms with van der Waals surface area (Å²) in [6.07, 6.45) is 4.20. The highest BCUT2D eigenvalue weighted by Gasteiger charge is 2.36. The summed E-state index contributed by atoms with van der Waals surface area (Å²) in [5, 5.41) is 24.3. The fraction of sp³-hybridized carbons (Fsp3) is 0.438. The number of hydrogen-bond donors (Lipinski definition) is 0. The van der Waals surface area contributed by atoms with Crippen LogP contribution in [0, 0.1) is 22.7 Å². The highest BCUT2D eigenvalue weighted by molar-refractivity contribution is 5.96. The van der Waals surface area contributed by atoms with E-state index in [1.54, 1.807) is 9.80 Å². The van der Waals surface area contributed by atoms with E-state index in [0.29, 0.717) is 104 Å². The van der Waals surface area contributed by atoms with Crippen molar-refractivity contribution in [3.8, 4) is 24.2 Å². The molecular weight excluding hydrogens is 1060 g/mol. The fourth-order valence-corrected chi connectivity index (χ4v) is 13.0. The first-order valence-corrected chi connectivity index (χ1v) is 29.4. The van der Waals surface area contributed by atoms with Crippen molar-refractivity contribution >= 4 is 56.4 Å². The van der Waals surface area contributed by atoms with Gasteiger partial charge in [0, 0.05) is 112 Å². The van der Waals surface area contributed by atoms with Gasteiger partial charge in [-0.25, -0.2) is 0 Å². The van der Waals surface area contributed by atoms with Gasteiger partial charge in [0.25, 0.3) is 0 Å². The van der Waals surface area contributed by atoms with Gasteiger partial charge >= 0.3 is 12.0 Å². The second kappa shape index (κ2) is 25.2. The summed E-state index contributed by atoms with van der Waals surface area (Å²) in [4.78, 5) is 63.7. The Balaban J connectivity index is 0.778. The molecule has 12 rings (SSSR count). The van der Waals surface area contributed by atoms with Gasteiger partial charge in [-0.3, -0.25) is 19.4 Å². The van der Waals surface area contributed by atoms with E-state index in [1.807, 2.05) is 0 Å². The number of hydrogen-bond acceptors (Lipinski definition) is 18. The van der Waals surface area contributed by atoms with Crippen LogP contribution in [0.25, 0.3) is 21.5 Å². The van der Waals surface area contributed by atoms with Crippen LogP contribution in [-0.2, 0) is 51.5 Å². The molecule has 2 aromatic heterocycles. The lowest BCUT2D eigenvalue weighted by atomic mass is 9.99. The third-order valence-corrected chi connectivity index (χ3v) is 17.5. The second-order valence-corrected chi connectivity index (χ2v) is 22.6. The zero-order chi connectivity index (χ0) is 57.7. The Morgan fingerprint density at radius 2 is 1.21 bits per heavy atom. The third-order valence-electron chi connectivity index (χ3n) is 17.5. The number of benzene rings is 4. The van der Waals surface area contributed by atoms with Crippen molar-refractivity contribution in [1.82, 2.24) is 39.5 Å². The van der Waals surface area contributed by atoms with E-state index in [9.17, 15) is 20.1 Å². The number of nitrogens with zero attached hydrogens (tertiary/aromatic N) is 14. The zero-order valence-electron chi connectivity index (χ0n) is 47.9. The molecule has 2 unspecified atom stereocenters. The minimum Gasteiger partial charge on any atom is -0.462 e. The molecule has 0 saturated carbocycles. The molecule has 434 valence electrons. The van der Waals surface area contributed by atoms with Gasteiger partial charge in [-0.15, -0.1) is 0 Å². The van der Waals surface area contributed by atoms with E-state index in [0.717, 1.165) is 88.9 Å². The van der Waals surface area contributed by atoms with Crippen LogP contribution in [0.2, 0.25) is 0 Å². The van der Waals surface area contributed by atoms with Crippen molar-refractivity contribution in [2.24, 2.45) is 0 Å². The van der Waals surface area contributed by atoms with E-state index in [-0.39, 0.29) is 61.5 Å². The molecule has 2 amide bonds. The molecule has 8 heterocycles. The number of carbonyl (C=O) groups excluding carboxylic acids is 2. The van der Waals surface area contributed by atoms with Crippen molar-refractivity contribution in [3.63, 3.8) is 0 Å². The van der Waals surface area contributed by atoms with Gasteiger partial charge in [-0.1, -0.05) is 73.8 Å². The van der Waals surface area contributed by atoms with Gasteiger partial charge in [0.2, 0.25) is 11.8 Å². The topological polar surface area (TPSA) is 196 Å². The summed E-state index contributed by atoms with van der Waals surface area (Å²) in [6, 6.07) is 32.7. The molecule has 6 aromatic rings. The standard InChI is InChI=1S/C64H72N14O6/c1-4-59(79)77-27-25-75(36-47(77)17-21-65)61-54-20-24-74(40-56(54)67-63(69-61)83-42-49-41-81-31-29-71(49)3)58-34-44(33-46-12-7-9-15-52(46)58)35-72-30-32-82-50(38-72)43-84-64-68-55-39-73(57-16-10-13-45-11-6-8-14-51(45)57)23-19-53(55)62(70-64)76-26-28-78(60(80)5-2)48(37-76)18-22-66/h4-16,33-34,47-50H,1-2,17-20,23-32,35-43H2,3H3/t47?,48?,49-,50-/m0/s1. The lowest BCUT2D eigenvalue weighted by Gasteiger charge is -2.42. The third kappa shape index (κ3) is 11.9. The molecule has 0 bridgehead atoms. The summed E-state index contributed by atoms with van der Waals surface area (Å²) in [5.41, 5.74) is 7.37. The number of fused-ring (bicyclic) bond motifs is 4. The molecule has 4 saturated heterocycles. The minimum atomic E-state index is -0.316. The van der Waals surface area contributed by atoms with E-state index in [4.69, 9.17) is 38.9 Å². The number of aromatic nitrogens is 4. The number of rotatable bonds is 16. The largest absolute Gasteiger partial charge is 0.462 e. The normalized spacial score (nSPS) is 21.3. The summed E-state index contributed by atoms with van der Waals surface area (Å²) < 4.78 is 25.3. The molecule has 4 fully saturated rings. The van der Waals surface area contributed by atoms with Gasteiger partial charge in [-0.05, 0) is 66.6 Å². The lowest BCUT2D eigenvalue weighted by molar-refractivity contribution is -0.129. The Bertz CT molecular complexity index is 3530. The predicted molar refractivity (Wildman–Crippen MR) is 321 cm³/mol. The maximum absolute atomic E-state index is 12.9. The quantitative estimate of drug-likeness (QED) is 0.104. The molecule has 20 heteroatoms. The first-order chi connectivity index (χ1) is 41.1. The Kier molecular flexibility index (Phi) is 16.8. The molecule has 6 aliphatic heterocycles. The molecule has 4 atom stereocenters. The number of nitriles is 2. The average molecular weight is 1130 g/mol. The maximum atomic E-state index is 12.9. The lowest BCUT2D eigenvalue weighted by Crippen LogP contribution is -2.55. The Hall–Kier alpha value is -8.40. The van der Waals surface area contributed by atoms with Gasteiger partial charge in [0.05, 0.1) is 87.4 Å². The van der Waals surface area contributed by atoms with Crippen molar-refractivity contribution in [1.29, 1.82) is 10.5 Å². The van der Waals surface area contributed by atoms with Gasteiger partial charge in [-0.2, -0.15) is 30.5 Å². The summed E-state index contributed by atoms with van der Waals surface area (Å²) in [5.74, 6) is 1.24. The number of amides is 2. The molecule has 84 heavy (non-hydrogen) atoms. The highest BCUT2D eigenvalue weighted by atomic mass is 16.5. The van der Waals surface area contributed by atoms with Gasteiger partial charge < -0.3 is 48.3 Å².